The third-order valence-electron chi connectivity index (χ3n) is 3.52. The first-order valence-electron chi connectivity index (χ1n) is 7.15. The predicted octanol–water partition coefficient (Wildman–Crippen LogP) is 2.66. The quantitative estimate of drug-likeness (QED) is 0.905. The first-order chi connectivity index (χ1) is 10.3. The summed E-state index contributed by atoms with van der Waals surface area (Å²) in [7, 11) is 0. The number of halogens is 1. The van der Waals surface area contributed by atoms with Crippen molar-refractivity contribution in [2.45, 2.75) is 12.5 Å². The Morgan fingerprint density at radius 3 is 2.71 bits per heavy atom. The molecular weight excluding hydrogens is 265 g/mol. The summed E-state index contributed by atoms with van der Waals surface area (Å²) in [5.41, 5.74) is 2.13. The molecule has 0 saturated heterocycles. The average molecular weight is 283 g/mol. The maximum Gasteiger partial charge on any atom is 0.191 e. The second-order valence-electron chi connectivity index (χ2n) is 5.10. The van der Waals surface area contributed by atoms with Crippen molar-refractivity contribution in [2.75, 3.05) is 13.1 Å². The van der Waals surface area contributed by atoms with E-state index in [1.54, 1.807) is 12.1 Å². The number of benzene rings is 2. The Kier molecular flexibility index (Phi) is 4.15. The van der Waals surface area contributed by atoms with Crippen LogP contribution < -0.4 is 10.6 Å². The lowest BCUT2D eigenvalue weighted by molar-refractivity contribution is 0.602. The summed E-state index contributed by atoms with van der Waals surface area (Å²) >= 11 is 0. The van der Waals surface area contributed by atoms with Gasteiger partial charge in [0.25, 0.3) is 0 Å². The molecule has 0 aliphatic carbocycles. The molecule has 3 nitrogen and oxygen atoms in total. The molecule has 21 heavy (non-hydrogen) atoms. The summed E-state index contributed by atoms with van der Waals surface area (Å²) in [6.07, 6.45) is 0.783. The molecule has 0 bridgehead atoms. The van der Waals surface area contributed by atoms with Crippen LogP contribution in [-0.2, 0) is 6.42 Å². The van der Waals surface area contributed by atoms with Crippen molar-refractivity contribution in [3.63, 3.8) is 0 Å². The van der Waals surface area contributed by atoms with E-state index in [1.807, 2.05) is 24.3 Å². The van der Waals surface area contributed by atoms with Gasteiger partial charge in [0.1, 0.15) is 5.82 Å². The summed E-state index contributed by atoms with van der Waals surface area (Å²) in [5.74, 6) is 0.578. The molecule has 108 valence electrons. The van der Waals surface area contributed by atoms with Gasteiger partial charge >= 0.3 is 0 Å². The minimum absolute atomic E-state index is 0.00699. The van der Waals surface area contributed by atoms with Crippen LogP contribution in [0.4, 0.5) is 4.39 Å². The smallest absolute Gasteiger partial charge is 0.191 e. The number of nitrogens with zero attached hydrogens (tertiary/aromatic N) is 1. The summed E-state index contributed by atoms with van der Waals surface area (Å²) in [6.45, 7) is 1.63. The van der Waals surface area contributed by atoms with Crippen LogP contribution in [0.15, 0.2) is 59.6 Å². The molecule has 0 aromatic heterocycles. The lowest BCUT2D eigenvalue weighted by Crippen LogP contribution is -2.37. The molecule has 0 fully saturated rings. The highest BCUT2D eigenvalue weighted by Gasteiger charge is 2.16. The summed E-state index contributed by atoms with van der Waals surface area (Å²) < 4.78 is 13.5. The lowest BCUT2D eigenvalue weighted by Gasteiger charge is -2.20. The number of hydrogen-bond acceptors (Lipinski definition) is 3. The van der Waals surface area contributed by atoms with Gasteiger partial charge in [0.2, 0.25) is 0 Å². The van der Waals surface area contributed by atoms with Gasteiger partial charge in [-0.05, 0) is 29.7 Å². The Labute approximate surface area is 123 Å². The molecule has 4 heteroatoms. The first kappa shape index (κ1) is 13.6. The number of nitrogens with one attached hydrogen (secondary N) is 2. The van der Waals surface area contributed by atoms with E-state index < -0.39 is 0 Å². The van der Waals surface area contributed by atoms with E-state index in [4.69, 9.17) is 0 Å². The van der Waals surface area contributed by atoms with Crippen molar-refractivity contribution in [3.8, 4) is 0 Å². The molecule has 1 atom stereocenters. The van der Waals surface area contributed by atoms with Gasteiger partial charge in [-0.1, -0.05) is 42.5 Å². The molecule has 2 aromatic carbocycles. The van der Waals surface area contributed by atoms with Crippen molar-refractivity contribution in [3.05, 3.63) is 71.5 Å². The van der Waals surface area contributed by atoms with Gasteiger partial charge in [-0.25, -0.2) is 4.39 Å². The van der Waals surface area contributed by atoms with Crippen LogP contribution in [0.2, 0.25) is 0 Å². The SMILES string of the molecule is Fc1cccc(C(Cc2ccccc2)NC2=NCCN2)c1. The third-order valence-corrected chi connectivity index (χ3v) is 3.52. The maximum absolute atomic E-state index is 13.5. The number of aliphatic imine (C=N–C) groups is 1. The number of rotatable bonds is 4. The van der Waals surface area contributed by atoms with Crippen LogP contribution >= 0.6 is 0 Å². The number of hydrogen-bond donors (Lipinski definition) is 2. The van der Waals surface area contributed by atoms with Crippen molar-refractivity contribution in [1.82, 2.24) is 10.6 Å². The van der Waals surface area contributed by atoms with E-state index in [2.05, 4.69) is 27.8 Å². The maximum atomic E-state index is 13.5. The Morgan fingerprint density at radius 2 is 2.00 bits per heavy atom. The van der Waals surface area contributed by atoms with Gasteiger partial charge in [0.05, 0.1) is 12.6 Å². The summed E-state index contributed by atoms with van der Waals surface area (Å²) in [4.78, 5) is 4.37. The van der Waals surface area contributed by atoms with Gasteiger partial charge in [0, 0.05) is 6.54 Å². The van der Waals surface area contributed by atoms with Crippen molar-refractivity contribution >= 4 is 5.96 Å². The van der Waals surface area contributed by atoms with Crippen LogP contribution in [0.25, 0.3) is 0 Å². The van der Waals surface area contributed by atoms with Crippen LogP contribution in [0.3, 0.4) is 0 Å². The van der Waals surface area contributed by atoms with Crippen molar-refractivity contribution in [1.29, 1.82) is 0 Å². The van der Waals surface area contributed by atoms with E-state index >= 15 is 0 Å². The van der Waals surface area contributed by atoms with Gasteiger partial charge in [0.15, 0.2) is 5.96 Å². The highest BCUT2D eigenvalue weighted by atomic mass is 19.1. The van der Waals surface area contributed by atoms with E-state index in [0.29, 0.717) is 0 Å². The van der Waals surface area contributed by atoms with Crippen molar-refractivity contribution in [2.24, 2.45) is 4.99 Å². The molecule has 0 spiro atoms. The van der Waals surface area contributed by atoms with Gasteiger partial charge in [-0.15, -0.1) is 0 Å². The topological polar surface area (TPSA) is 36.4 Å². The Balaban J connectivity index is 1.83. The van der Waals surface area contributed by atoms with Crippen LogP contribution in [-0.4, -0.2) is 19.0 Å². The fourth-order valence-electron chi connectivity index (χ4n) is 2.48. The second kappa shape index (κ2) is 6.39. The molecule has 0 amide bonds. The standard InChI is InChI=1S/C17H18FN3/c18-15-8-4-7-14(12-15)16(21-17-19-9-10-20-17)11-13-5-2-1-3-6-13/h1-8,12,16H,9-11H2,(H2,19,20,21). The van der Waals surface area contributed by atoms with Gasteiger partial charge in [-0.2, -0.15) is 0 Å². The zero-order valence-corrected chi connectivity index (χ0v) is 11.7. The van der Waals surface area contributed by atoms with Crippen LogP contribution in [0.5, 0.6) is 0 Å². The Hall–Kier alpha value is -2.36. The number of guanidine groups is 1. The molecule has 3 rings (SSSR count). The predicted molar refractivity (Wildman–Crippen MR) is 82.7 cm³/mol. The highest BCUT2D eigenvalue weighted by Crippen LogP contribution is 2.19. The minimum Gasteiger partial charge on any atom is -0.355 e. The normalized spacial score (nSPS) is 15.2. The molecular formula is C17H18FN3. The monoisotopic (exact) mass is 283 g/mol. The Bertz CT molecular complexity index is 625. The average Bonchev–Trinajstić information content (AvgIpc) is 3.01. The molecule has 1 unspecified atom stereocenters. The van der Waals surface area contributed by atoms with Crippen LogP contribution in [0.1, 0.15) is 17.2 Å². The van der Waals surface area contributed by atoms with Gasteiger partial charge in [-0.3, -0.25) is 4.99 Å². The largest absolute Gasteiger partial charge is 0.355 e. The minimum atomic E-state index is -0.214. The fourth-order valence-corrected chi connectivity index (χ4v) is 2.48. The van der Waals surface area contributed by atoms with Crippen LogP contribution in [0, 0.1) is 5.82 Å². The third kappa shape index (κ3) is 3.60. The Morgan fingerprint density at radius 1 is 1.14 bits per heavy atom. The van der Waals surface area contributed by atoms with E-state index in [9.17, 15) is 4.39 Å². The molecule has 0 radical (unpaired) electrons. The molecule has 1 aliphatic rings. The molecule has 2 N–H and O–H groups in total. The highest BCUT2D eigenvalue weighted by molar-refractivity contribution is 5.81. The van der Waals surface area contributed by atoms with E-state index in [-0.39, 0.29) is 11.9 Å². The van der Waals surface area contributed by atoms with E-state index in [0.717, 1.165) is 31.0 Å². The lowest BCUT2D eigenvalue weighted by atomic mass is 9.99. The van der Waals surface area contributed by atoms with Gasteiger partial charge < -0.3 is 10.6 Å². The first-order valence-corrected chi connectivity index (χ1v) is 7.15. The molecule has 2 aromatic rings. The summed E-state index contributed by atoms with van der Waals surface area (Å²) in [5, 5.41) is 6.58. The fraction of sp³-hybridized carbons (Fsp3) is 0.235. The van der Waals surface area contributed by atoms with Crippen molar-refractivity contribution < 1.29 is 4.39 Å². The second-order valence-corrected chi connectivity index (χ2v) is 5.10. The van der Waals surface area contributed by atoms with E-state index in [1.165, 1.54) is 11.6 Å². The zero-order chi connectivity index (χ0) is 14.5. The zero-order valence-electron chi connectivity index (χ0n) is 11.7. The molecule has 0 saturated carbocycles. The summed E-state index contributed by atoms with van der Waals surface area (Å²) in [6, 6.07) is 16.9. The molecule has 1 aliphatic heterocycles. The molecule has 1 heterocycles.